The van der Waals surface area contributed by atoms with Crippen molar-refractivity contribution in [3.05, 3.63) is 16.0 Å². The van der Waals surface area contributed by atoms with Crippen LogP contribution < -0.4 is 10.6 Å². The van der Waals surface area contributed by atoms with Crippen molar-refractivity contribution in [2.24, 2.45) is 0 Å². The van der Waals surface area contributed by atoms with Crippen molar-refractivity contribution in [1.82, 2.24) is 10.2 Å². The van der Waals surface area contributed by atoms with Crippen LogP contribution >= 0.6 is 11.3 Å². The molecule has 0 spiro atoms. The standard InChI is InChI=1S/C13H18N4OS/c1-17(2)6-4-12(18)16-13-10(7-14)9-3-5-15-8-11(9)19-13/h15H,3-6,8H2,1-2H3,(H,16,18). The van der Waals surface area contributed by atoms with Crippen LogP contribution in [0.1, 0.15) is 22.4 Å². The Balaban J connectivity index is 2.10. The lowest BCUT2D eigenvalue weighted by molar-refractivity contribution is -0.116. The average molecular weight is 278 g/mol. The fraction of sp³-hybridized carbons (Fsp3) is 0.538. The molecule has 5 nitrogen and oxygen atoms in total. The number of anilines is 1. The zero-order chi connectivity index (χ0) is 13.8. The number of nitrogens with zero attached hydrogens (tertiary/aromatic N) is 2. The summed E-state index contributed by atoms with van der Waals surface area (Å²) in [4.78, 5) is 15.0. The number of thiophene rings is 1. The quantitative estimate of drug-likeness (QED) is 0.867. The van der Waals surface area contributed by atoms with E-state index in [4.69, 9.17) is 0 Å². The molecular weight excluding hydrogens is 260 g/mol. The summed E-state index contributed by atoms with van der Waals surface area (Å²) in [5.74, 6) is -0.0308. The van der Waals surface area contributed by atoms with E-state index < -0.39 is 0 Å². The minimum absolute atomic E-state index is 0.0308. The first-order valence-corrected chi connectivity index (χ1v) is 7.13. The van der Waals surface area contributed by atoms with Crippen LogP contribution in [0, 0.1) is 11.3 Å². The molecule has 0 radical (unpaired) electrons. The molecule has 0 bridgehead atoms. The fourth-order valence-electron chi connectivity index (χ4n) is 2.06. The molecule has 0 aromatic carbocycles. The predicted molar refractivity (Wildman–Crippen MR) is 76.2 cm³/mol. The molecule has 0 unspecified atom stereocenters. The lowest BCUT2D eigenvalue weighted by Crippen LogP contribution is -2.22. The summed E-state index contributed by atoms with van der Waals surface area (Å²) in [6.07, 6.45) is 1.31. The fourth-order valence-corrected chi connectivity index (χ4v) is 3.24. The van der Waals surface area contributed by atoms with E-state index in [0.29, 0.717) is 23.5 Å². The van der Waals surface area contributed by atoms with Gasteiger partial charge in [-0.15, -0.1) is 11.3 Å². The molecule has 0 fully saturated rings. The zero-order valence-electron chi connectivity index (χ0n) is 11.2. The molecule has 1 aliphatic heterocycles. The van der Waals surface area contributed by atoms with Crippen LogP contribution in [-0.2, 0) is 17.8 Å². The van der Waals surface area contributed by atoms with Gasteiger partial charge in [-0.1, -0.05) is 0 Å². The Labute approximate surface area is 117 Å². The third-order valence-corrected chi connectivity index (χ3v) is 4.23. The van der Waals surface area contributed by atoms with Crippen molar-refractivity contribution >= 4 is 22.2 Å². The van der Waals surface area contributed by atoms with Gasteiger partial charge in [-0.3, -0.25) is 4.79 Å². The van der Waals surface area contributed by atoms with Crippen molar-refractivity contribution in [1.29, 1.82) is 5.26 Å². The molecule has 0 atom stereocenters. The molecule has 2 N–H and O–H groups in total. The van der Waals surface area contributed by atoms with Gasteiger partial charge in [0.1, 0.15) is 11.1 Å². The molecule has 0 saturated carbocycles. The van der Waals surface area contributed by atoms with Gasteiger partial charge in [0.2, 0.25) is 5.91 Å². The van der Waals surface area contributed by atoms with Crippen molar-refractivity contribution < 1.29 is 4.79 Å². The van der Waals surface area contributed by atoms with E-state index in [2.05, 4.69) is 16.7 Å². The van der Waals surface area contributed by atoms with E-state index in [0.717, 1.165) is 25.1 Å². The first-order valence-electron chi connectivity index (χ1n) is 6.31. The van der Waals surface area contributed by atoms with Gasteiger partial charge >= 0.3 is 0 Å². The van der Waals surface area contributed by atoms with Gasteiger partial charge in [0, 0.05) is 24.4 Å². The summed E-state index contributed by atoms with van der Waals surface area (Å²) in [5.41, 5.74) is 1.76. The van der Waals surface area contributed by atoms with E-state index in [1.165, 1.54) is 16.2 Å². The maximum Gasteiger partial charge on any atom is 0.226 e. The van der Waals surface area contributed by atoms with E-state index in [1.54, 1.807) is 0 Å². The van der Waals surface area contributed by atoms with Gasteiger partial charge in [0.25, 0.3) is 0 Å². The molecule has 1 aliphatic rings. The number of hydrogen-bond acceptors (Lipinski definition) is 5. The third kappa shape index (κ3) is 3.32. The molecular formula is C13H18N4OS. The van der Waals surface area contributed by atoms with Gasteiger partial charge in [0.05, 0.1) is 5.56 Å². The van der Waals surface area contributed by atoms with Gasteiger partial charge in [-0.2, -0.15) is 5.26 Å². The summed E-state index contributed by atoms with van der Waals surface area (Å²) < 4.78 is 0. The SMILES string of the molecule is CN(C)CCC(=O)Nc1sc2c(c1C#N)CCNC2. The molecule has 0 saturated heterocycles. The highest BCUT2D eigenvalue weighted by Gasteiger charge is 2.21. The zero-order valence-corrected chi connectivity index (χ0v) is 12.1. The summed E-state index contributed by atoms with van der Waals surface area (Å²) in [5, 5.41) is 16.1. The maximum atomic E-state index is 11.8. The largest absolute Gasteiger partial charge is 0.317 e. The van der Waals surface area contributed by atoms with E-state index >= 15 is 0 Å². The summed E-state index contributed by atoms with van der Waals surface area (Å²) in [6, 6.07) is 2.23. The van der Waals surface area contributed by atoms with Crippen LogP contribution in [0.5, 0.6) is 0 Å². The Morgan fingerprint density at radius 1 is 1.58 bits per heavy atom. The maximum absolute atomic E-state index is 11.8. The Hall–Kier alpha value is -1.42. The van der Waals surface area contributed by atoms with Crippen LogP contribution in [0.3, 0.4) is 0 Å². The highest BCUT2D eigenvalue weighted by atomic mass is 32.1. The average Bonchev–Trinajstić information content (AvgIpc) is 2.73. The van der Waals surface area contributed by atoms with Crippen LogP contribution in [0.4, 0.5) is 5.00 Å². The van der Waals surface area contributed by atoms with Gasteiger partial charge in [-0.05, 0) is 32.6 Å². The van der Waals surface area contributed by atoms with Crippen LogP contribution in [-0.4, -0.2) is 38.0 Å². The molecule has 2 rings (SSSR count). The number of rotatable bonds is 4. The Bertz CT molecular complexity index is 515. The number of hydrogen-bond donors (Lipinski definition) is 2. The van der Waals surface area contributed by atoms with Crippen LogP contribution in [0.25, 0.3) is 0 Å². The minimum atomic E-state index is -0.0308. The molecule has 102 valence electrons. The molecule has 2 heterocycles. The highest BCUT2D eigenvalue weighted by molar-refractivity contribution is 7.16. The van der Waals surface area contributed by atoms with Crippen LogP contribution in [0.2, 0.25) is 0 Å². The lowest BCUT2D eigenvalue weighted by atomic mass is 10.1. The summed E-state index contributed by atoms with van der Waals surface area (Å²) in [6.45, 7) is 2.40. The molecule has 1 aromatic heterocycles. The van der Waals surface area contributed by atoms with Gasteiger partial charge < -0.3 is 15.5 Å². The summed E-state index contributed by atoms with van der Waals surface area (Å²) in [7, 11) is 3.87. The predicted octanol–water partition coefficient (Wildman–Crippen LogP) is 1.16. The number of carbonyl (C=O) groups is 1. The molecule has 19 heavy (non-hydrogen) atoms. The number of fused-ring (bicyclic) bond motifs is 1. The first kappa shape index (κ1) is 14.0. The molecule has 6 heteroatoms. The molecule has 1 aromatic rings. The Kier molecular flexibility index (Phi) is 4.53. The van der Waals surface area contributed by atoms with Crippen molar-refractivity contribution in [2.45, 2.75) is 19.4 Å². The topological polar surface area (TPSA) is 68.2 Å². The number of carbonyl (C=O) groups excluding carboxylic acids is 1. The van der Waals surface area contributed by atoms with Crippen LogP contribution in [0.15, 0.2) is 0 Å². The second-order valence-electron chi connectivity index (χ2n) is 4.85. The van der Waals surface area contributed by atoms with Crippen molar-refractivity contribution in [2.75, 3.05) is 32.5 Å². The van der Waals surface area contributed by atoms with E-state index in [9.17, 15) is 10.1 Å². The van der Waals surface area contributed by atoms with Gasteiger partial charge in [-0.25, -0.2) is 0 Å². The molecule has 0 aliphatic carbocycles. The number of nitrogens with one attached hydrogen (secondary N) is 2. The monoisotopic (exact) mass is 278 g/mol. The second-order valence-corrected chi connectivity index (χ2v) is 5.95. The lowest BCUT2D eigenvalue weighted by Gasteiger charge is -2.11. The van der Waals surface area contributed by atoms with E-state index in [-0.39, 0.29) is 5.91 Å². The Morgan fingerprint density at radius 3 is 3.05 bits per heavy atom. The summed E-state index contributed by atoms with van der Waals surface area (Å²) >= 11 is 1.52. The van der Waals surface area contributed by atoms with E-state index in [1.807, 2.05) is 19.0 Å². The number of nitriles is 1. The number of amides is 1. The minimum Gasteiger partial charge on any atom is -0.317 e. The Morgan fingerprint density at radius 2 is 2.37 bits per heavy atom. The normalized spacial score (nSPS) is 14.0. The smallest absolute Gasteiger partial charge is 0.226 e. The van der Waals surface area contributed by atoms with Crippen molar-refractivity contribution in [3.63, 3.8) is 0 Å². The molecule has 1 amide bonds. The second kappa shape index (κ2) is 6.15. The van der Waals surface area contributed by atoms with Crippen molar-refractivity contribution in [3.8, 4) is 6.07 Å². The highest BCUT2D eigenvalue weighted by Crippen LogP contribution is 2.34. The van der Waals surface area contributed by atoms with Gasteiger partial charge in [0.15, 0.2) is 0 Å². The third-order valence-electron chi connectivity index (χ3n) is 3.08. The first-order chi connectivity index (χ1) is 9.11.